The number of aryl methyl sites for hydroxylation is 1. The molecule has 0 atom stereocenters. The monoisotopic (exact) mass is 429 g/mol. The molecule has 32 heavy (non-hydrogen) atoms. The van der Waals surface area contributed by atoms with Gasteiger partial charge in [0.15, 0.2) is 0 Å². The van der Waals surface area contributed by atoms with Crippen LogP contribution < -0.4 is 0 Å². The third-order valence-electron chi connectivity index (χ3n) is 7.65. The van der Waals surface area contributed by atoms with Crippen molar-refractivity contribution in [3.8, 4) is 17.2 Å². The van der Waals surface area contributed by atoms with E-state index in [-0.39, 0.29) is 5.41 Å². The van der Waals surface area contributed by atoms with E-state index in [1.54, 1.807) is 0 Å². The molecule has 0 spiro atoms. The van der Waals surface area contributed by atoms with Crippen molar-refractivity contribution in [1.82, 2.24) is 0 Å². The summed E-state index contributed by atoms with van der Waals surface area (Å²) in [5.41, 5.74) is 5.43. The Morgan fingerprint density at radius 1 is 0.750 bits per heavy atom. The number of hydrogen-bond acceptors (Lipinski definition) is 1. The quantitative estimate of drug-likeness (QED) is 0.308. The van der Waals surface area contributed by atoms with Crippen molar-refractivity contribution < 1.29 is 0 Å². The molecule has 2 aromatic carbocycles. The van der Waals surface area contributed by atoms with Crippen molar-refractivity contribution in [3.63, 3.8) is 0 Å². The number of unbranched alkanes of at least 4 members (excludes halogenated alkanes) is 6. The molecule has 1 nitrogen and oxygen atoms in total. The molecule has 0 amide bonds. The summed E-state index contributed by atoms with van der Waals surface area (Å²) < 4.78 is 0. The zero-order chi connectivity index (χ0) is 22.7. The smallest absolute Gasteiger partial charge is 0.0689 e. The molecule has 0 radical (unpaired) electrons. The number of hydrogen-bond donors (Lipinski definition) is 0. The van der Waals surface area contributed by atoms with Gasteiger partial charge in [-0.2, -0.15) is 5.26 Å². The Bertz CT molecular complexity index is 816. The minimum absolute atomic E-state index is 0.0555. The summed E-state index contributed by atoms with van der Waals surface area (Å²) in [6, 6.07) is 21.0. The van der Waals surface area contributed by atoms with Crippen LogP contribution in [0, 0.1) is 16.7 Å². The molecule has 0 unspecified atom stereocenters. The van der Waals surface area contributed by atoms with Crippen LogP contribution in [0.3, 0.4) is 0 Å². The summed E-state index contributed by atoms with van der Waals surface area (Å²) in [6.45, 7) is 4.50. The number of nitriles is 1. The lowest BCUT2D eigenvalue weighted by Gasteiger charge is -2.35. The fourth-order valence-corrected chi connectivity index (χ4v) is 5.44. The van der Waals surface area contributed by atoms with Crippen molar-refractivity contribution in [2.75, 3.05) is 0 Å². The zero-order valence-electron chi connectivity index (χ0n) is 20.5. The minimum Gasteiger partial charge on any atom is -0.198 e. The Balaban J connectivity index is 1.48. The zero-order valence-corrected chi connectivity index (χ0v) is 20.5. The fraction of sp³-hybridized carbons (Fsp3) is 0.581. The Hall–Kier alpha value is -2.07. The van der Waals surface area contributed by atoms with Crippen LogP contribution in [0.5, 0.6) is 0 Å². The first kappa shape index (κ1) is 24.6. The normalized spacial score (nSPS) is 20.7. The summed E-state index contributed by atoms with van der Waals surface area (Å²) >= 11 is 0. The summed E-state index contributed by atoms with van der Waals surface area (Å²) in [5.74, 6) is 0.617. The minimum atomic E-state index is -0.0555. The predicted octanol–water partition coefficient (Wildman–Crippen LogP) is 9.61. The maximum absolute atomic E-state index is 9.94. The van der Waals surface area contributed by atoms with Gasteiger partial charge in [-0.05, 0) is 66.7 Å². The summed E-state index contributed by atoms with van der Waals surface area (Å²) in [4.78, 5) is 0. The summed E-state index contributed by atoms with van der Waals surface area (Å²) in [6.07, 6.45) is 17.2. The third kappa shape index (κ3) is 6.96. The molecular weight excluding hydrogens is 386 g/mol. The van der Waals surface area contributed by atoms with Gasteiger partial charge in [0.1, 0.15) is 0 Å². The molecular formula is C31H43N. The van der Waals surface area contributed by atoms with Gasteiger partial charge in [0.05, 0.1) is 11.5 Å². The molecule has 0 bridgehead atoms. The first-order valence-corrected chi connectivity index (χ1v) is 13.3. The van der Waals surface area contributed by atoms with Crippen LogP contribution in [-0.2, 0) is 6.42 Å². The Morgan fingerprint density at radius 2 is 1.31 bits per heavy atom. The molecule has 3 rings (SSSR count). The van der Waals surface area contributed by atoms with E-state index in [0.717, 1.165) is 38.5 Å². The molecule has 0 aliphatic heterocycles. The van der Waals surface area contributed by atoms with E-state index in [4.69, 9.17) is 0 Å². The molecule has 2 aromatic rings. The summed E-state index contributed by atoms with van der Waals surface area (Å²) in [7, 11) is 0. The predicted molar refractivity (Wildman–Crippen MR) is 138 cm³/mol. The number of benzene rings is 2. The molecule has 0 saturated heterocycles. The van der Waals surface area contributed by atoms with Crippen LogP contribution in [0.15, 0.2) is 48.5 Å². The van der Waals surface area contributed by atoms with Crippen LogP contribution in [0.1, 0.15) is 114 Å². The van der Waals surface area contributed by atoms with E-state index >= 15 is 0 Å². The van der Waals surface area contributed by atoms with Gasteiger partial charge in [0, 0.05) is 0 Å². The molecule has 1 heteroatoms. The lowest BCUT2D eigenvalue weighted by atomic mass is 9.67. The van der Waals surface area contributed by atoms with Gasteiger partial charge in [-0.15, -0.1) is 0 Å². The SMILES string of the molecule is CCCCCCCCCC1(C#N)CCC(c2ccc(-c3ccc(CCC)cc3)cc2)CC1. The largest absolute Gasteiger partial charge is 0.198 e. The average Bonchev–Trinajstić information content (AvgIpc) is 2.85. The second-order valence-corrected chi connectivity index (χ2v) is 10.1. The van der Waals surface area contributed by atoms with E-state index in [1.165, 1.54) is 73.6 Å². The van der Waals surface area contributed by atoms with Crippen LogP contribution in [0.25, 0.3) is 11.1 Å². The Morgan fingerprint density at radius 3 is 1.88 bits per heavy atom. The molecule has 1 fully saturated rings. The molecule has 1 aliphatic rings. The standard InChI is InChI=1S/C31H43N/c1-3-5-6-7-8-9-10-22-31(25-32)23-20-30(21-24-31)29-18-16-28(17-19-29)27-14-12-26(11-4-2)13-15-27/h12-19,30H,3-11,20-24H2,1-2H3. The highest BCUT2D eigenvalue weighted by Crippen LogP contribution is 2.45. The van der Waals surface area contributed by atoms with E-state index in [1.807, 2.05) is 0 Å². The molecule has 0 N–H and O–H groups in total. The van der Waals surface area contributed by atoms with E-state index in [0.29, 0.717) is 5.92 Å². The average molecular weight is 430 g/mol. The molecule has 1 aliphatic carbocycles. The van der Waals surface area contributed by atoms with Crippen molar-refractivity contribution in [3.05, 3.63) is 59.7 Å². The van der Waals surface area contributed by atoms with Crippen molar-refractivity contribution >= 4 is 0 Å². The third-order valence-corrected chi connectivity index (χ3v) is 7.65. The van der Waals surface area contributed by atoms with Crippen molar-refractivity contribution in [2.24, 2.45) is 5.41 Å². The van der Waals surface area contributed by atoms with Crippen LogP contribution >= 0.6 is 0 Å². The highest BCUT2D eigenvalue weighted by atomic mass is 14.4. The van der Waals surface area contributed by atoms with Gasteiger partial charge in [-0.3, -0.25) is 0 Å². The first-order chi connectivity index (χ1) is 15.7. The highest BCUT2D eigenvalue weighted by Gasteiger charge is 2.35. The van der Waals surface area contributed by atoms with E-state index in [2.05, 4.69) is 68.4 Å². The van der Waals surface area contributed by atoms with Gasteiger partial charge in [0.2, 0.25) is 0 Å². The molecule has 172 valence electrons. The number of nitrogens with zero attached hydrogens (tertiary/aromatic N) is 1. The number of rotatable bonds is 12. The lowest BCUT2D eigenvalue weighted by Crippen LogP contribution is -2.25. The lowest BCUT2D eigenvalue weighted by molar-refractivity contribution is 0.223. The van der Waals surface area contributed by atoms with Crippen molar-refractivity contribution in [2.45, 2.75) is 110 Å². The van der Waals surface area contributed by atoms with Crippen LogP contribution in [0.2, 0.25) is 0 Å². The first-order valence-electron chi connectivity index (χ1n) is 13.3. The van der Waals surface area contributed by atoms with Gasteiger partial charge in [0.25, 0.3) is 0 Å². The molecule has 0 aromatic heterocycles. The molecule has 1 saturated carbocycles. The van der Waals surface area contributed by atoms with Gasteiger partial charge in [-0.25, -0.2) is 0 Å². The Kier molecular flexibility index (Phi) is 9.86. The fourth-order valence-electron chi connectivity index (χ4n) is 5.44. The van der Waals surface area contributed by atoms with Gasteiger partial charge < -0.3 is 0 Å². The van der Waals surface area contributed by atoms with Crippen LogP contribution in [-0.4, -0.2) is 0 Å². The Labute approximate surface area is 197 Å². The maximum Gasteiger partial charge on any atom is 0.0689 e. The van der Waals surface area contributed by atoms with E-state index < -0.39 is 0 Å². The second kappa shape index (κ2) is 12.8. The van der Waals surface area contributed by atoms with Gasteiger partial charge >= 0.3 is 0 Å². The van der Waals surface area contributed by atoms with Gasteiger partial charge in [-0.1, -0.05) is 114 Å². The van der Waals surface area contributed by atoms with Crippen LogP contribution in [0.4, 0.5) is 0 Å². The maximum atomic E-state index is 9.94. The van der Waals surface area contributed by atoms with E-state index in [9.17, 15) is 5.26 Å². The second-order valence-electron chi connectivity index (χ2n) is 10.1. The molecule has 0 heterocycles. The summed E-state index contributed by atoms with van der Waals surface area (Å²) in [5, 5.41) is 9.94. The highest BCUT2D eigenvalue weighted by molar-refractivity contribution is 5.64. The topological polar surface area (TPSA) is 23.8 Å². The van der Waals surface area contributed by atoms with Crippen molar-refractivity contribution in [1.29, 1.82) is 5.26 Å².